The van der Waals surface area contributed by atoms with Gasteiger partial charge in [-0.2, -0.15) is 0 Å². The minimum absolute atomic E-state index is 0.218. The van der Waals surface area contributed by atoms with E-state index in [9.17, 15) is 4.79 Å². The molecule has 3 nitrogen and oxygen atoms in total. The van der Waals surface area contributed by atoms with E-state index < -0.39 is 0 Å². The van der Waals surface area contributed by atoms with Crippen molar-refractivity contribution in [2.24, 2.45) is 5.41 Å². The molecule has 0 atom stereocenters. The molecule has 0 spiro atoms. The monoisotopic (exact) mass is 171 g/mol. The third-order valence-electron chi connectivity index (χ3n) is 2.11. The molecule has 1 amide bonds. The smallest absolute Gasteiger partial charge is 0.228 e. The molecule has 1 saturated heterocycles. The highest BCUT2D eigenvalue weighted by Gasteiger charge is 2.35. The summed E-state index contributed by atoms with van der Waals surface area (Å²) in [4.78, 5) is 13.4. The highest BCUT2D eigenvalue weighted by Crippen LogP contribution is 2.22. The first-order chi connectivity index (χ1) is 5.45. The molecule has 0 saturated carbocycles. The first kappa shape index (κ1) is 9.52. The average Bonchev–Trinajstić information content (AvgIpc) is 1.83. The number of hydrogen-bond acceptors (Lipinski definition) is 2. The molecule has 1 rings (SSSR count). The van der Waals surface area contributed by atoms with E-state index >= 15 is 0 Å². The maximum absolute atomic E-state index is 11.6. The highest BCUT2D eigenvalue weighted by atomic mass is 16.5. The Hall–Kier alpha value is -0.570. The standard InChI is InChI=1S/C9H17NO2/c1-9(2,3)8(11)10-5-7(6-10)12-4/h7H,5-6H2,1-4H3. The second-order valence-corrected chi connectivity index (χ2v) is 4.32. The van der Waals surface area contributed by atoms with Crippen LogP contribution < -0.4 is 0 Å². The summed E-state index contributed by atoms with van der Waals surface area (Å²) in [6.45, 7) is 7.33. The number of methoxy groups -OCH3 is 1. The lowest BCUT2D eigenvalue weighted by molar-refractivity contribution is -0.151. The van der Waals surface area contributed by atoms with Gasteiger partial charge in [0.2, 0.25) is 5.91 Å². The van der Waals surface area contributed by atoms with Gasteiger partial charge in [-0.25, -0.2) is 0 Å². The fourth-order valence-electron chi connectivity index (χ4n) is 1.23. The average molecular weight is 171 g/mol. The van der Waals surface area contributed by atoms with Crippen LogP contribution in [0.15, 0.2) is 0 Å². The van der Waals surface area contributed by atoms with Gasteiger partial charge >= 0.3 is 0 Å². The molecule has 0 aromatic carbocycles. The van der Waals surface area contributed by atoms with E-state index in [0.29, 0.717) is 0 Å². The molecule has 0 aromatic rings. The predicted molar refractivity (Wildman–Crippen MR) is 46.8 cm³/mol. The Bertz CT molecular complexity index is 177. The van der Waals surface area contributed by atoms with E-state index in [0.717, 1.165) is 13.1 Å². The fraction of sp³-hybridized carbons (Fsp3) is 0.889. The molecule has 1 heterocycles. The van der Waals surface area contributed by atoms with Crippen LogP contribution in [0.3, 0.4) is 0 Å². The molecule has 1 aliphatic heterocycles. The lowest BCUT2D eigenvalue weighted by Gasteiger charge is -2.41. The fourth-order valence-corrected chi connectivity index (χ4v) is 1.23. The van der Waals surface area contributed by atoms with Crippen molar-refractivity contribution in [1.82, 2.24) is 4.90 Å². The van der Waals surface area contributed by atoms with E-state index in [-0.39, 0.29) is 17.4 Å². The van der Waals surface area contributed by atoms with Crippen LogP contribution in [0.4, 0.5) is 0 Å². The van der Waals surface area contributed by atoms with Crippen LogP contribution in [-0.4, -0.2) is 37.1 Å². The molecule has 0 N–H and O–H groups in total. The van der Waals surface area contributed by atoms with Gasteiger partial charge in [-0.1, -0.05) is 20.8 Å². The lowest BCUT2D eigenvalue weighted by Crippen LogP contribution is -2.57. The van der Waals surface area contributed by atoms with E-state index in [1.807, 2.05) is 25.7 Å². The van der Waals surface area contributed by atoms with Gasteiger partial charge in [-0.3, -0.25) is 4.79 Å². The van der Waals surface area contributed by atoms with Crippen molar-refractivity contribution in [3.63, 3.8) is 0 Å². The normalized spacial score (nSPS) is 19.2. The first-order valence-electron chi connectivity index (χ1n) is 4.27. The van der Waals surface area contributed by atoms with Crippen LogP contribution >= 0.6 is 0 Å². The summed E-state index contributed by atoms with van der Waals surface area (Å²) in [5.41, 5.74) is -0.251. The number of ether oxygens (including phenoxy) is 1. The zero-order valence-electron chi connectivity index (χ0n) is 8.26. The number of amides is 1. The number of carbonyl (C=O) groups excluding carboxylic acids is 1. The van der Waals surface area contributed by atoms with Crippen molar-refractivity contribution in [3.05, 3.63) is 0 Å². The summed E-state index contributed by atoms with van der Waals surface area (Å²) in [7, 11) is 1.68. The number of likely N-dealkylation sites (tertiary alicyclic amines) is 1. The van der Waals surface area contributed by atoms with Crippen molar-refractivity contribution in [1.29, 1.82) is 0 Å². The quantitative estimate of drug-likeness (QED) is 0.586. The molecule has 70 valence electrons. The molecule has 0 bridgehead atoms. The van der Waals surface area contributed by atoms with Crippen LogP contribution in [0, 0.1) is 5.41 Å². The molecule has 1 fully saturated rings. The summed E-state index contributed by atoms with van der Waals surface area (Å²) >= 11 is 0. The Morgan fingerprint density at radius 2 is 1.92 bits per heavy atom. The molecule has 0 unspecified atom stereocenters. The zero-order chi connectivity index (χ0) is 9.35. The highest BCUT2D eigenvalue weighted by molar-refractivity contribution is 5.82. The number of carbonyl (C=O) groups is 1. The van der Waals surface area contributed by atoms with Gasteiger partial charge in [-0.15, -0.1) is 0 Å². The minimum atomic E-state index is -0.251. The van der Waals surface area contributed by atoms with Crippen LogP contribution in [0.2, 0.25) is 0 Å². The number of hydrogen-bond donors (Lipinski definition) is 0. The summed E-state index contributed by atoms with van der Waals surface area (Å²) < 4.78 is 5.09. The minimum Gasteiger partial charge on any atom is -0.378 e. The van der Waals surface area contributed by atoms with Gasteiger partial charge in [0.25, 0.3) is 0 Å². The Morgan fingerprint density at radius 1 is 1.42 bits per heavy atom. The maximum Gasteiger partial charge on any atom is 0.228 e. The van der Waals surface area contributed by atoms with Crippen LogP contribution in [0.5, 0.6) is 0 Å². The molecule has 1 aliphatic rings. The SMILES string of the molecule is COC1CN(C(=O)C(C)(C)C)C1. The molecule has 12 heavy (non-hydrogen) atoms. The summed E-state index contributed by atoms with van der Waals surface area (Å²) in [6.07, 6.45) is 0.260. The number of rotatable bonds is 1. The van der Waals surface area contributed by atoms with Crippen molar-refractivity contribution in [2.45, 2.75) is 26.9 Å². The second kappa shape index (κ2) is 3.05. The van der Waals surface area contributed by atoms with Crippen molar-refractivity contribution >= 4 is 5.91 Å². The van der Waals surface area contributed by atoms with Crippen molar-refractivity contribution in [2.75, 3.05) is 20.2 Å². The Balaban J connectivity index is 2.39. The first-order valence-corrected chi connectivity index (χ1v) is 4.27. The van der Waals surface area contributed by atoms with Crippen molar-refractivity contribution in [3.8, 4) is 0 Å². The van der Waals surface area contributed by atoms with Gasteiger partial charge in [0.15, 0.2) is 0 Å². The van der Waals surface area contributed by atoms with E-state index in [1.54, 1.807) is 7.11 Å². The third kappa shape index (κ3) is 1.78. The topological polar surface area (TPSA) is 29.5 Å². The van der Waals surface area contributed by atoms with Crippen molar-refractivity contribution < 1.29 is 9.53 Å². The molecule has 0 aliphatic carbocycles. The number of nitrogens with zero attached hydrogens (tertiary/aromatic N) is 1. The van der Waals surface area contributed by atoms with Crippen LogP contribution in [-0.2, 0) is 9.53 Å². The Morgan fingerprint density at radius 3 is 2.25 bits per heavy atom. The molecule has 0 aromatic heterocycles. The Labute approximate surface area is 73.7 Å². The van der Waals surface area contributed by atoms with E-state index in [1.165, 1.54) is 0 Å². The molecule has 3 heteroatoms. The van der Waals surface area contributed by atoms with Crippen LogP contribution in [0.1, 0.15) is 20.8 Å². The summed E-state index contributed by atoms with van der Waals surface area (Å²) in [5.74, 6) is 0.218. The zero-order valence-corrected chi connectivity index (χ0v) is 8.26. The van der Waals surface area contributed by atoms with Gasteiger partial charge in [-0.05, 0) is 0 Å². The molecular formula is C9H17NO2. The van der Waals surface area contributed by atoms with Gasteiger partial charge in [0, 0.05) is 25.6 Å². The Kier molecular flexibility index (Phi) is 2.42. The van der Waals surface area contributed by atoms with Crippen LogP contribution in [0.25, 0.3) is 0 Å². The van der Waals surface area contributed by atoms with E-state index in [2.05, 4.69) is 0 Å². The van der Waals surface area contributed by atoms with Gasteiger partial charge in [0.1, 0.15) is 0 Å². The summed E-state index contributed by atoms with van der Waals surface area (Å²) in [6, 6.07) is 0. The lowest BCUT2D eigenvalue weighted by atomic mass is 9.93. The van der Waals surface area contributed by atoms with Gasteiger partial charge < -0.3 is 9.64 Å². The largest absolute Gasteiger partial charge is 0.378 e. The van der Waals surface area contributed by atoms with E-state index in [4.69, 9.17) is 4.74 Å². The second-order valence-electron chi connectivity index (χ2n) is 4.32. The maximum atomic E-state index is 11.6. The molecular weight excluding hydrogens is 154 g/mol. The van der Waals surface area contributed by atoms with Gasteiger partial charge in [0.05, 0.1) is 6.10 Å². The predicted octanol–water partition coefficient (Wildman–Crippen LogP) is 0.890. The summed E-state index contributed by atoms with van der Waals surface area (Å²) in [5, 5.41) is 0. The third-order valence-corrected chi connectivity index (χ3v) is 2.11. The molecule has 0 radical (unpaired) electrons.